The summed E-state index contributed by atoms with van der Waals surface area (Å²) >= 11 is 0. The summed E-state index contributed by atoms with van der Waals surface area (Å²) < 4.78 is 9.01. The highest BCUT2D eigenvalue weighted by atomic mass is 28.4. The molecule has 0 N–H and O–H groups in total. The molecule has 4 aromatic rings. The minimum Gasteiger partial charge on any atom is -0.397 e. The second-order valence-electron chi connectivity index (χ2n) is 18.0. The van der Waals surface area contributed by atoms with Crippen molar-refractivity contribution in [2.24, 2.45) is 47.3 Å². The Labute approximate surface area is 299 Å². The van der Waals surface area contributed by atoms with E-state index in [1.165, 1.54) is 92.0 Å². The Morgan fingerprint density at radius 3 is 1.42 bits per heavy atom. The molecule has 250 valence electrons. The lowest BCUT2D eigenvalue weighted by atomic mass is 9.48. The molecular formula is C48H48OSi. The van der Waals surface area contributed by atoms with Crippen LogP contribution < -0.4 is 0 Å². The zero-order chi connectivity index (χ0) is 32.6. The summed E-state index contributed by atoms with van der Waals surface area (Å²) in [5.41, 5.74) is 10.7. The van der Waals surface area contributed by atoms with Gasteiger partial charge in [-0.15, -0.1) is 0 Å². The largest absolute Gasteiger partial charge is 0.397 e. The predicted molar refractivity (Wildman–Crippen MR) is 206 cm³/mol. The van der Waals surface area contributed by atoms with Crippen LogP contribution in [0.3, 0.4) is 0 Å². The summed E-state index contributed by atoms with van der Waals surface area (Å²) in [4.78, 5) is 0. The fraction of sp³-hybridized carbons (Fsp3) is 0.417. The topological polar surface area (TPSA) is 9.23 Å². The van der Waals surface area contributed by atoms with E-state index in [0.29, 0.717) is 17.4 Å². The van der Waals surface area contributed by atoms with Gasteiger partial charge in [0.2, 0.25) is 0 Å². The number of fused-ring (bicyclic) bond motifs is 4. The van der Waals surface area contributed by atoms with Crippen LogP contribution in [0.1, 0.15) is 92.0 Å². The molecule has 50 heavy (non-hydrogen) atoms. The van der Waals surface area contributed by atoms with Crippen LogP contribution in [0.15, 0.2) is 115 Å². The molecule has 2 heterocycles. The molecule has 4 aromatic carbocycles. The van der Waals surface area contributed by atoms with Crippen molar-refractivity contribution in [1.29, 1.82) is 0 Å². The number of hydrogen-bond acceptors (Lipinski definition) is 1. The Morgan fingerprint density at radius 2 is 0.880 bits per heavy atom. The van der Waals surface area contributed by atoms with Crippen molar-refractivity contribution in [3.63, 3.8) is 0 Å². The zero-order valence-corrected chi connectivity index (χ0v) is 30.1. The molecule has 2 heteroatoms. The summed E-state index contributed by atoms with van der Waals surface area (Å²) in [6, 6.07) is 44.7. The van der Waals surface area contributed by atoms with Crippen molar-refractivity contribution in [2.75, 3.05) is 0 Å². The summed E-state index contributed by atoms with van der Waals surface area (Å²) in [6.45, 7) is 0. The van der Waals surface area contributed by atoms with Crippen LogP contribution in [-0.2, 0) is 10.0 Å². The van der Waals surface area contributed by atoms with Gasteiger partial charge in [0.05, 0.1) is 5.60 Å². The van der Waals surface area contributed by atoms with Crippen molar-refractivity contribution in [2.45, 2.75) is 75.4 Å². The average molecular weight is 669 g/mol. The van der Waals surface area contributed by atoms with E-state index in [1.807, 2.05) is 0 Å². The van der Waals surface area contributed by atoms with Gasteiger partial charge < -0.3 is 4.43 Å². The maximum absolute atomic E-state index is 9.01. The third-order valence-electron chi connectivity index (χ3n) is 15.7. The molecule has 0 amide bonds. The maximum Gasteiger partial charge on any atom is 0.263 e. The summed E-state index contributed by atoms with van der Waals surface area (Å²) in [6.07, 6.45) is 14.2. The van der Waals surface area contributed by atoms with Gasteiger partial charge in [0.1, 0.15) is 0 Å². The van der Waals surface area contributed by atoms with Crippen molar-refractivity contribution < 1.29 is 4.43 Å². The average Bonchev–Trinajstić information content (AvgIpc) is 3.45. The first kappa shape index (κ1) is 29.1. The molecule has 1 nitrogen and oxygen atoms in total. The first-order chi connectivity index (χ1) is 24.7. The monoisotopic (exact) mass is 668 g/mol. The van der Waals surface area contributed by atoms with Crippen LogP contribution >= 0.6 is 0 Å². The molecule has 8 bridgehead atoms. The van der Waals surface area contributed by atoms with E-state index in [0.717, 1.165) is 35.5 Å². The van der Waals surface area contributed by atoms with Gasteiger partial charge >= 0.3 is 0 Å². The summed E-state index contributed by atoms with van der Waals surface area (Å²) in [5.74, 6) is 6.51. The Kier molecular flexibility index (Phi) is 6.15. The number of benzene rings is 4. The van der Waals surface area contributed by atoms with E-state index in [4.69, 9.17) is 4.43 Å². The van der Waals surface area contributed by atoms with E-state index in [2.05, 4.69) is 115 Å². The zero-order valence-electron chi connectivity index (χ0n) is 29.1. The molecule has 8 saturated carbocycles. The highest BCUT2D eigenvalue weighted by molar-refractivity contribution is 7.12. The van der Waals surface area contributed by atoms with Crippen LogP contribution in [0.5, 0.6) is 0 Å². The molecule has 1 unspecified atom stereocenters. The van der Waals surface area contributed by atoms with E-state index in [9.17, 15) is 0 Å². The second kappa shape index (κ2) is 10.5. The van der Waals surface area contributed by atoms with Crippen LogP contribution in [0, 0.1) is 47.3 Å². The standard InChI is InChI=1S/C48H48OSi/c1-4-12-34(13-5-1)43-44(35-14-6-2-7-15-35)47-41-18-10-11-19-42(41)48(39-26-32-21-33(28-39)29-40(48)27-32)49-50(47,46(43)36-16-8-3-9-17-36)45-37-22-30-20-31(24-37)25-38(45)23-30/h1-19,30-33,37-40,45H,20-29H2. The van der Waals surface area contributed by atoms with Gasteiger partial charge in [-0.05, 0) is 166 Å². The molecule has 8 fully saturated rings. The van der Waals surface area contributed by atoms with Crippen molar-refractivity contribution in [1.82, 2.24) is 0 Å². The van der Waals surface area contributed by atoms with Crippen LogP contribution in [0.2, 0.25) is 5.54 Å². The minimum atomic E-state index is -2.94. The smallest absolute Gasteiger partial charge is 0.263 e. The van der Waals surface area contributed by atoms with Gasteiger partial charge in [-0.3, -0.25) is 0 Å². The van der Waals surface area contributed by atoms with E-state index >= 15 is 0 Å². The predicted octanol–water partition coefficient (Wildman–Crippen LogP) is 11.8. The van der Waals surface area contributed by atoms with Crippen molar-refractivity contribution >= 4 is 29.9 Å². The number of allylic oxidation sites excluding steroid dienone is 2. The fourth-order valence-corrected chi connectivity index (χ4v) is 21.4. The first-order valence-electron chi connectivity index (χ1n) is 20.2. The summed E-state index contributed by atoms with van der Waals surface area (Å²) in [7, 11) is -2.94. The first-order valence-corrected chi connectivity index (χ1v) is 22.2. The van der Waals surface area contributed by atoms with Crippen LogP contribution in [0.4, 0.5) is 0 Å². The molecular weight excluding hydrogens is 621 g/mol. The van der Waals surface area contributed by atoms with Crippen molar-refractivity contribution in [3.8, 4) is 0 Å². The van der Waals surface area contributed by atoms with E-state index < -0.39 is 8.32 Å². The third-order valence-corrected chi connectivity index (χ3v) is 20.8. The van der Waals surface area contributed by atoms with Gasteiger partial charge in [0.15, 0.2) is 0 Å². The minimum absolute atomic E-state index is 0.164. The maximum atomic E-state index is 9.01. The number of rotatable bonds is 4. The summed E-state index contributed by atoms with van der Waals surface area (Å²) in [5, 5.41) is 3.27. The Bertz CT molecular complexity index is 2000. The molecule has 10 aliphatic rings. The second-order valence-corrected chi connectivity index (χ2v) is 21.4. The lowest BCUT2D eigenvalue weighted by Gasteiger charge is -2.68. The third kappa shape index (κ3) is 3.78. The molecule has 1 spiro atoms. The molecule has 0 aromatic heterocycles. The Balaban J connectivity index is 1.25. The normalized spacial score (nSPS) is 40.1. The van der Waals surface area contributed by atoms with Gasteiger partial charge in [-0.1, -0.05) is 115 Å². The Hall–Kier alpha value is -3.46. The van der Waals surface area contributed by atoms with Gasteiger partial charge in [0.25, 0.3) is 8.32 Å². The highest BCUT2D eigenvalue weighted by Crippen LogP contribution is 2.75. The number of hydrogen-bond donors (Lipinski definition) is 0. The highest BCUT2D eigenvalue weighted by Gasteiger charge is 2.72. The quantitative estimate of drug-likeness (QED) is 0.197. The Morgan fingerprint density at radius 1 is 0.440 bits per heavy atom. The van der Waals surface area contributed by atoms with E-state index in [-0.39, 0.29) is 5.60 Å². The molecule has 14 rings (SSSR count). The lowest BCUT2D eigenvalue weighted by Crippen LogP contribution is -2.67. The van der Waals surface area contributed by atoms with Crippen molar-refractivity contribution in [3.05, 3.63) is 143 Å². The molecule has 0 saturated heterocycles. The SMILES string of the molecule is c1ccc(C2=C(c3ccccc3)[Si]3(C4C5CC6CC(C5)CC4C6)OC4(c5ccccc5C3=C2c2ccccc2)C2CC3CC(C2)CC4C3)cc1. The van der Waals surface area contributed by atoms with Gasteiger partial charge in [-0.2, -0.15) is 0 Å². The molecule has 0 radical (unpaired) electrons. The molecule has 8 aliphatic carbocycles. The molecule has 2 aliphatic heterocycles. The van der Waals surface area contributed by atoms with Crippen LogP contribution in [0.25, 0.3) is 21.5 Å². The molecule has 1 atom stereocenters. The lowest BCUT2D eigenvalue weighted by molar-refractivity contribution is -0.170. The fourth-order valence-electron chi connectivity index (χ4n) is 14.8. The van der Waals surface area contributed by atoms with Gasteiger partial charge in [0, 0.05) is 0 Å². The van der Waals surface area contributed by atoms with Crippen LogP contribution in [-0.4, -0.2) is 8.32 Å². The van der Waals surface area contributed by atoms with E-state index in [1.54, 1.807) is 21.5 Å². The van der Waals surface area contributed by atoms with Gasteiger partial charge in [-0.25, -0.2) is 0 Å².